The molecule has 0 spiro atoms. The van der Waals surface area contributed by atoms with Crippen LogP contribution in [0.1, 0.15) is 25.7 Å². The zero-order valence-electron chi connectivity index (χ0n) is 10.1. The van der Waals surface area contributed by atoms with Crippen molar-refractivity contribution in [1.82, 2.24) is 4.90 Å². The molecule has 2 rings (SSSR count). The van der Waals surface area contributed by atoms with E-state index in [0.717, 1.165) is 31.0 Å². The number of aliphatic imine (C=N–C) groups is 1. The number of nitrogens with two attached hydrogens (primary N) is 1. The fraction of sp³-hybridized carbons (Fsp3) is 0.909. The van der Waals surface area contributed by atoms with Gasteiger partial charge in [-0.1, -0.05) is 0 Å². The number of aliphatic hydroxyl groups is 1. The van der Waals surface area contributed by atoms with Gasteiger partial charge in [0.15, 0.2) is 5.96 Å². The van der Waals surface area contributed by atoms with E-state index < -0.39 is 5.60 Å². The summed E-state index contributed by atoms with van der Waals surface area (Å²) in [6.07, 6.45) is 4.55. The molecule has 2 fully saturated rings. The van der Waals surface area contributed by atoms with Gasteiger partial charge in [0.1, 0.15) is 0 Å². The highest BCUT2D eigenvalue weighted by Gasteiger charge is 2.31. The average molecular weight is 371 g/mol. The number of halogens is 1. The highest BCUT2D eigenvalue weighted by Crippen LogP contribution is 2.27. The highest BCUT2D eigenvalue weighted by atomic mass is 127. The van der Waals surface area contributed by atoms with Gasteiger partial charge in [-0.2, -0.15) is 11.8 Å². The number of thioether (sulfide) groups is 1. The summed E-state index contributed by atoms with van der Waals surface area (Å²) in [5.74, 6) is 2.45. The van der Waals surface area contributed by atoms with Gasteiger partial charge in [0.05, 0.1) is 12.1 Å². The Hall–Kier alpha value is 0.310. The van der Waals surface area contributed by atoms with E-state index >= 15 is 0 Å². The second kappa shape index (κ2) is 7.04. The average Bonchev–Trinajstić information content (AvgIpc) is 2.75. The molecular formula is C11H22IN3OS. The maximum Gasteiger partial charge on any atom is 0.191 e. The van der Waals surface area contributed by atoms with E-state index in [1.54, 1.807) is 11.8 Å². The third-order valence-corrected chi connectivity index (χ3v) is 4.53. The topological polar surface area (TPSA) is 61.9 Å². The molecule has 100 valence electrons. The molecule has 2 saturated heterocycles. The lowest BCUT2D eigenvalue weighted by molar-refractivity contribution is 0.0776. The molecule has 0 aromatic carbocycles. The lowest BCUT2D eigenvalue weighted by Crippen LogP contribution is -2.42. The van der Waals surface area contributed by atoms with Crippen LogP contribution in [0.5, 0.6) is 0 Å². The van der Waals surface area contributed by atoms with E-state index in [1.807, 2.05) is 0 Å². The number of rotatable bonds is 2. The summed E-state index contributed by atoms with van der Waals surface area (Å²) in [5, 5.41) is 10.1. The first kappa shape index (κ1) is 15.4. The van der Waals surface area contributed by atoms with Crippen molar-refractivity contribution in [1.29, 1.82) is 0 Å². The van der Waals surface area contributed by atoms with Gasteiger partial charge in [0, 0.05) is 18.8 Å². The fourth-order valence-corrected chi connectivity index (χ4v) is 3.46. The second-order valence-corrected chi connectivity index (χ2v) is 5.85. The molecule has 4 nitrogen and oxygen atoms in total. The van der Waals surface area contributed by atoms with Crippen molar-refractivity contribution in [3.8, 4) is 0 Å². The first-order chi connectivity index (χ1) is 7.70. The Kier molecular flexibility index (Phi) is 6.36. The molecular weight excluding hydrogens is 349 g/mol. The third-order valence-electron chi connectivity index (χ3n) is 3.30. The van der Waals surface area contributed by atoms with Gasteiger partial charge in [-0.25, -0.2) is 0 Å². The zero-order chi connectivity index (χ0) is 11.4. The van der Waals surface area contributed by atoms with Crippen LogP contribution in [0.15, 0.2) is 4.99 Å². The van der Waals surface area contributed by atoms with E-state index in [9.17, 15) is 5.11 Å². The first-order valence-electron chi connectivity index (χ1n) is 6.05. The first-order valence-corrected chi connectivity index (χ1v) is 7.20. The summed E-state index contributed by atoms with van der Waals surface area (Å²) < 4.78 is 0. The molecule has 1 unspecified atom stereocenters. The molecule has 0 radical (unpaired) electrons. The van der Waals surface area contributed by atoms with E-state index in [0.29, 0.717) is 12.5 Å². The van der Waals surface area contributed by atoms with E-state index in [-0.39, 0.29) is 24.0 Å². The van der Waals surface area contributed by atoms with Gasteiger partial charge < -0.3 is 15.7 Å². The Morgan fingerprint density at radius 2 is 2.06 bits per heavy atom. The van der Waals surface area contributed by atoms with Gasteiger partial charge >= 0.3 is 0 Å². The van der Waals surface area contributed by atoms with Gasteiger partial charge in [-0.3, -0.25) is 4.99 Å². The monoisotopic (exact) mass is 371 g/mol. The minimum Gasteiger partial charge on any atom is -0.387 e. The maximum absolute atomic E-state index is 10.1. The summed E-state index contributed by atoms with van der Waals surface area (Å²) in [4.78, 5) is 6.49. The van der Waals surface area contributed by atoms with E-state index in [1.165, 1.54) is 19.3 Å². The molecule has 17 heavy (non-hydrogen) atoms. The zero-order valence-corrected chi connectivity index (χ0v) is 13.2. The highest BCUT2D eigenvalue weighted by molar-refractivity contribution is 14.0. The quantitative estimate of drug-likeness (QED) is 0.436. The molecule has 0 aromatic heterocycles. The number of guanidine groups is 1. The standard InChI is InChI=1S/C11H21N3OS.HI/c12-10(14-5-2-1-3-6-14)13-8-11(15)4-7-16-9-11;/h15H,1-9H2,(H2,12,13);1H. The lowest BCUT2D eigenvalue weighted by Gasteiger charge is -2.28. The molecule has 6 heteroatoms. The van der Waals surface area contributed by atoms with Crippen LogP contribution in [0.25, 0.3) is 0 Å². The van der Waals surface area contributed by atoms with Crippen LogP contribution in [0, 0.1) is 0 Å². The Morgan fingerprint density at radius 3 is 2.65 bits per heavy atom. The Balaban J connectivity index is 0.00000144. The van der Waals surface area contributed by atoms with Gasteiger partial charge in [-0.15, -0.1) is 24.0 Å². The molecule has 0 saturated carbocycles. The van der Waals surface area contributed by atoms with Crippen molar-refractivity contribution >= 4 is 41.7 Å². The summed E-state index contributed by atoms with van der Waals surface area (Å²) in [7, 11) is 0. The number of hydrogen-bond donors (Lipinski definition) is 2. The van der Waals surface area contributed by atoms with Crippen LogP contribution < -0.4 is 5.73 Å². The molecule has 2 aliphatic rings. The van der Waals surface area contributed by atoms with Crippen molar-refractivity contribution in [2.24, 2.45) is 10.7 Å². The second-order valence-electron chi connectivity index (χ2n) is 4.75. The van der Waals surface area contributed by atoms with Gasteiger partial charge in [0.2, 0.25) is 0 Å². The number of likely N-dealkylation sites (tertiary alicyclic amines) is 1. The summed E-state index contributed by atoms with van der Waals surface area (Å²) in [6.45, 7) is 2.49. The van der Waals surface area contributed by atoms with Crippen LogP contribution in [0.2, 0.25) is 0 Å². The molecule has 1 atom stereocenters. The fourth-order valence-electron chi connectivity index (χ4n) is 2.17. The normalized spacial score (nSPS) is 30.2. The molecule has 0 aromatic rings. The van der Waals surface area contributed by atoms with Crippen molar-refractivity contribution < 1.29 is 5.11 Å². The van der Waals surface area contributed by atoms with Crippen LogP contribution in [-0.2, 0) is 0 Å². The number of piperidine rings is 1. The van der Waals surface area contributed by atoms with Gasteiger partial charge in [0.25, 0.3) is 0 Å². The smallest absolute Gasteiger partial charge is 0.191 e. The third kappa shape index (κ3) is 4.48. The van der Waals surface area contributed by atoms with Crippen molar-refractivity contribution in [3.05, 3.63) is 0 Å². The number of hydrogen-bond acceptors (Lipinski definition) is 3. The van der Waals surface area contributed by atoms with Crippen LogP contribution in [0.3, 0.4) is 0 Å². The minimum atomic E-state index is -0.606. The summed E-state index contributed by atoms with van der Waals surface area (Å²) in [5.41, 5.74) is 5.34. The molecule has 3 N–H and O–H groups in total. The maximum atomic E-state index is 10.1. The molecule has 0 aliphatic carbocycles. The molecule has 0 amide bonds. The van der Waals surface area contributed by atoms with E-state index in [2.05, 4.69) is 9.89 Å². The largest absolute Gasteiger partial charge is 0.387 e. The van der Waals surface area contributed by atoms with Crippen molar-refractivity contribution in [2.75, 3.05) is 31.1 Å². The Labute approximate surface area is 124 Å². The SMILES string of the molecule is I.NC(=NCC1(O)CCSC1)N1CCCCC1. The molecule has 2 heterocycles. The van der Waals surface area contributed by atoms with Crippen LogP contribution in [0.4, 0.5) is 0 Å². The van der Waals surface area contributed by atoms with Crippen LogP contribution in [-0.4, -0.2) is 52.7 Å². The Morgan fingerprint density at radius 1 is 1.35 bits per heavy atom. The summed E-state index contributed by atoms with van der Waals surface area (Å²) in [6, 6.07) is 0. The van der Waals surface area contributed by atoms with Gasteiger partial charge in [-0.05, 0) is 31.4 Å². The predicted octanol–water partition coefficient (Wildman–Crippen LogP) is 1.27. The predicted molar refractivity (Wildman–Crippen MR) is 84.2 cm³/mol. The molecule has 2 aliphatic heterocycles. The lowest BCUT2D eigenvalue weighted by atomic mass is 10.0. The van der Waals surface area contributed by atoms with Crippen molar-refractivity contribution in [3.63, 3.8) is 0 Å². The summed E-state index contributed by atoms with van der Waals surface area (Å²) >= 11 is 1.79. The van der Waals surface area contributed by atoms with Crippen LogP contribution >= 0.6 is 35.7 Å². The number of nitrogens with zero attached hydrogens (tertiary/aromatic N) is 2. The van der Waals surface area contributed by atoms with Crippen molar-refractivity contribution in [2.45, 2.75) is 31.3 Å². The minimum absolute atomic E-state index is 0. The Bertz CT molecular complexity index is 263. The van der Waals surface area contributed by atoms with E-state index in [4.69, 9.17) is 5.73 Å². The molecule has 0 bridgehead atoms.